The van der Waals surface area contributed by atoms with E-state index < -0.39 is 11.8 Å². The third kappa shape index (κ3) is 4.95. The van der Waals surface area contributed by atoms with E-state index in [2.05, 4.69) is 20.8 Å². The number of amides is 1. The summed E-state index contributed by atoms with van der Waals surface area (Å²) in [5.74, 6) is -1.83. The number of hydrogen-bond donors (Lipinski definition) is 2. The molecule has 11 heteroatoms. The summed E-state index contributed by atoms with van der Waals surface area (Å²) in [5.41, 5.74) is 0.978. The van der Waals surface area contributed by atoms with Crippen molar-refractivity contribution < 1.29 is 28.3 Å². The van der Waals surface area contributed by atoms with Crippen molar-refractivity contribution in [3.63, 3.8) is 0 Å². The number of benzene rings is 2. The van der Waals surface area contributed by atoms with Crippen LogP contribution in [0.3, 0.4) is 0 Å². The van der Waals surface area contributed by atoms with E-state index in [0.717, 1.165) is 6.07 Å². The molecular formula is C21H16FN5O5. The molecule has 0 saturated carbocycles. The van der Waals surface area contributed by atoms with Crippen LogP contribution in [0, 0.1) is 5.82 Å². The van der Waals surface area contributed by atoms with Gasteiger partial charge in [-0.15, -0.1) is 5.10 Å². The van der Waals surface area contributed by atoms with Gasteiger partial charge in [-0.3, -0.25) is 4.79 Å². The Bertz CT molecular complexity index is 1250. The SMILES string of the molecule is O=C(Cn1cc(COc2ccc(F)cc2-c2cc(C(=O)O)no2)nn1)Nc1ccccc1. The Hall–Kier alpha value is -4.54. The number of para-hydroxylation sites is 1. The second-order valence-corrected chi connectivity index (χ2v) is 6.63. The van der Waals surface area contributed by atoms with Gasteiger partial charge in [0.15, 0.2) is 11.5 Å². The van der Waals surface area contributed by atoms with Crippen LogP contribution < -0.4 is 10.1 Å². The fraction of sp³-hybridized carbons (Fsp3) is 0.0952. The lowest BCUT2D eigenvalue weighted by molar-refractivity contribution is -0.116. The molecule has 1 amide bonds. The summed E-state index contributed by atoms with van der Waals surface area (Å²) in [6.45, 7) is -0.0708. The minimum Gasteiger partial charge on any atom is -0.486 e. The number of nitrogens with one attached hydrogen (secondary N) is 1. The number of aromatic carboxylic acids is 1. The highest BCUT2D eigenvalue weighted by Crippen LogP contribution is 2.32. The molecule has 0 saturated heterocycles. The van der Waals surface area contributed by atoms with E-state index in [1.165, 1.54) is 22.9 Å². The minimum atomic E-state index is -1.27. The Kier molecular flexibility index (Phi) is 5.88. The maximum Gasteiger partial charge on any atom is 0.358 e. The number of anilines is 1. The molecule has 10 nitrogen and oxygen atoms in total. The topological polar surface area (TPSA) is 132 Å². The summed E-state index contributed by atoms with van der Waals surface area (Å²) in [4.78, 5) is 23.1. The second kappa shape index (κ2) is 9.08. The normalized spacial score (nSPS) is 10.7. The molecule has 0 aliphatic rings. The molecule has 0 spiro atoms. The number of carboxylic acid groups (broad SMARTS) is 1. The molecule has 4 aromatic rings. The van der Waals surface area contributed by atoms with Gasteiger partial charge in [-0.2, -0.15) is 0 Å². The quantitative estimate of drug-likeness (QED) is 0.430. The summed E-state index contributed by atoms with van der Waals surface area (Å²) < 4.78 is 25.8. The third-order valence-electron chi connectivity index (χ3n) is 4.26. The van der Waals surface area contributed by atoms with Gasteiger partial charge in [0.2, 0.25) is 5.91 Å². The van der Waals surface area contributed by atoms with Crippen LogP contribution in [0.5, 0.6) is 5.75 Å². The van der Waals surface area contributed by atoms with Crippen molar-refractivity contribution in [3.8, 4) is 17.1 Å². The molecule has 32 heavy (non-hydrogen) atoms. The molecule has 0 aliphatic carbocycles. The lowest BCUT2D eigenvalue weighted by Crippen LogP contribution is -2.19. The molecule has 4 rings (SSSR count). The van der Waals surface area contributed by atoms with Crippen LogP contribution in [0.2, 0.25) is 0 Å². The van der Waals surface area contributed by atoms with Gasteiger partial charge in [-0.25, -0.2) is 13.9 Å². The number of halogens is 1. The Balaban J connectivity index is 1.41. The van der Waals surface area contributed by atoms with Crippen LogP contribution in [0.1, 0.15) is 16.2 Å². The van der Waals surface area contributed by atoms with Crippen molar-refractivity contribution in [3.05, 3.63) is 78.0 Å². The minimum absolute atomic E-state index is 0.0289. The Morgan fingerprint density at radius 2 is 1.97 bits per heavy atom. The maximum absolute atomic E-state index is 13.7. The van der Waals surface area contributed by atoms with E-state index in [9.17, 15) is 14.0 Å². The second-order valence-electron chi connectivity index (χ2n) is 6.63. The van der Waals surface area contributed by atoms with E-state index in [1.807, 2.05) is 18.2 Å². The summed E-state index contributed by atoms with van der Waals surface area (Å²) in [6.07, 6.45) is 1.55. The molecule has 2 N–H and O–H groups in total. The predicted octanol–water partition coefficient (Wildman–Crippen LogP) is 2.99. The predicted molar refractivity (Wildman–Crippen MR) is 108 cm³/mol. The zero-order valence-electron chi connectivity index (χ0n) is 16.4. The monoisotopic (exact) mass is 437 g/mol. The van der Waals surface area contributed by atoms with E-state index in [4.69, 9.17) is 14.4 Å². The van der Waals surface area contributed by atoms with Gasteiger partial charge in [-0.1, -0.05) is 28.6 Å². The molecule has 2 aromatic carbocycles. The highest BCUT2D eigenvalue weighted by atomic mass is 19.1. The van der Waals surface area contributed by atoms with Crippen molar-refractivity contribution in [2.75, 3.05) is 5.32 Å². The zero-order valence-corrected chi connectivity index (χ0v) is 16.4. The molecule has 0 bridgehead atoms. The molecule has 0 radical (unpaired) electrons. The first-order valence-electron chi connectivity index (χ1n) is 9.34. The smallest absolute Gasteiger partial charge is 0.358 e. The number of nitrogens with zero attached hydrogens (tertiary/aromatic N) is 4. The van der Waals surface area contributed by atoms with E-state index in [0.29, 0.717) is 11.4 Å². The fourth-order valence-electron chi connectivity index (χ4n) is 2.83. The summed E-state index contributed by atoms with van der Waals surface area (Å²) >= 11 is 0. The van der Waals surface area contributed by atoms with Crippen LogP contribution in [-0.4, -0.2) is 37.1 Å². The van der Waals surface area contributed by atoms with Gasteiger partial charge in [0.05, 0.1) is 11.8 Å². The average molecular weight is 437 g/mol. The summed E-state index contributed by atoms with van der Waals surface area (Å²) in [7, 11) is 0. The fourth-order valence-corrected chi connectivity index (χ4v) is 2.83. The number of carbonyl (C=O) groups excluding carboxylic acids is 1. The molecule has 0 aliphatic heterocycles. The molecular weight excluding hydrogens is 421 g/mol. The number of carboxylic acids is 1. The number of aromatic nitrogens is 4. The largest absolute Gasteiger partial charge is 0.486 e. The lowest BCUT2D eigenvalue weighted by atomic mass is 10.1. The highest BCUT2D eigenvalue weighted by Gasteiger charge is 2.17. The Labute approximate surface area is 180 Å². The summed E-state index contributed by atoms with van der Waals surface area (Å²) in [6, 6.07) is 13.9. The highest BCUT2D eigenvalue weighted by molar-refractivity contribution is 5.90. The average Bonchev–Trinajstić information content (AvgIpc) is 3.43. The lowest BCUT2D eigenvalue weighted by Gasteiger charge is -2.08. The first-order valence-corrected chi connectivity index (χ1v) is 9.34. The van der Waals surface area contributed by atoms with Gasteiger partial charge in [0, 0.05) is 11.8 Å². The van der Waals surface area contributed by atoms with Crippen LogP contribution in [0.15, 0.2) is 65.3 Å². The standard InChI is InChI=1S/C21H16FN5O5/c22-13-6-7-18(16(8-13)19-9-17(21(29)30)25-32-19)31-12-15-10-27(26-24-15)11-20(28)23-14-4-2-1-3-5-14/h1-10H,11-12H2,(H,23,28)(H,29,30). The number of carbonyl (C=O) groups is 2. The van der Waals surface area contributed by atoms with Gasteiger partial charge < -0.3 is 19.7 Å². The molecule has 0 unspecified atom stereocenters. The number of hydrogen-bond acceptors (Lipinski definition) is 7. The van der Waals surface area contributed by atoms with Gasteiger partial charge in [-0.05, 0) is 30.3 Å². The van der Waals surface area contributed by atoms with E-state index in [-0.39, 0.29) is 41.8 Å². The van der Waals surface area contributed by atoms with Crippen molar-refractivity contribution in [1.82, 2.24) is 20.2 Å². The summed E-state index contributed by atoms with van der Waals surface area (Å²) in [5, 5.41) is 23.0. The molecule has 162 valence electrons. The first kappa shape index (κ1) is 20.7. The van der Waals surface area contributed by atoms with Gasteiger partial charge >= 0.3 is 5.97 Å². The van der Waals surface area contributed by atoms with Gasteiger partial charge in [0.1, 0.15) is 30.4 Å². The van der Waals surface area contributed by atoms with Crippen molar-refractivity contribution in [1.29, 1.82) is 0 Å². The van der Waals surface area contributed by atoms with Crippen LogP contribution in [0.4, 0.5) is 10.1 Å². The van der Waals surface area contributed by atoms with Crippen LogP contribution in [0.25, 0.3) is 11.3 Å². The molecule has 0 fully saturated rings. The van der Waals surface area contributed by atoms with Crippen LogP contribution >= 0.6 is 0 Å². The first-order chi connectivity index (χ1) is 15.5. The third-order valence-corrected chi connectivity index (χ3v) is 4.26. The van der Waals surface area contributed by atoms with Crippen molar-refractivity contribution in [2.45, 2.75) is 13.2 Å². The molecule has 2 heterocycles. The van der Waals surface area contributed by atoms with E-state index in [1.54, 1.807) is 18.3 Å². The van der Waals surface area contributed by atoms with Crippen molar-refractivity contribution in [2.24, 2.45) is 0 Å². The number of rotatable bonds is 8. The van der Waals surface area contributed by atoms with Crippen LogP contribution in [-0.2, 0) is 17.9 Å². The molecule has 2 aromatic heterocycles. The zero-order chi connectivity index (χ0) is 22.5. The Morgan fingerprint density at radius 1 is 1.16 bits per heavy atom. The number of ether oxygens (including phenoxy) is 1. The van der Waals surface area contributed by atoms with E-state index >= 15 is 0 Å². The van der Waals surface area contributed by atoms with Crippen molar-refractivity contribution >= 4 is 17.6 Å². The molecule has 0 atom stereocenters. The maximum atomic E-state index is 13.7. The Morgan fingerprint density at radius 3 is 2.72 bits per heavy atom. The van der Waals surface area contributed by atoms with Gasteiger partial charge in [0.25, 0.3) is 0 Å².